The Bertz CT molecular complexity index is 969. The summed E-state index contributed by atoms with van der Waals surface area (Å²) < 4.78 is 13.8. The van der Waals surface area contributed by atoms with Crippen LogP contribution in [0.4, 0.5) is 15.8 Å². The van der Waals surface area contributed by atoms with Crippen LogP contribution < -0.4 is 10.2 Å². The van der Waals surface area contributed by atoms with Crippen LogP contribution in [0.25, 0.3) is 10.9 Å². The molecule has 0 atom stereocenters. The fraction of sp³-hybridized carbons (Fsp3) is 0.211. The van der Waals surface area contributed by atoms with Gasteiger partial charge in [0.05, 0.1) is 10.7 Å². The number of carbonyl (C=O) groups excluding carboxylic acids is 1. The molecule has 1 saturated heterocycles. The van der Waals surface area contributed by atoms with Crippen molar-refractivity contribution in [1.82, 2.24) is 4.98 Å². The monoisotopic (exact) mass is 389 g/mol. The topological polar surface area (TPSA) is 48.1 Å². The molecule has 1 fully saturated rings. The van der Waals surface area contributed by atoms with Gasteiger partial charge >= 0.3 is 0 Å². The Kier molecular flexibility index (Phi) is 4.78. The minimum atomic E-state index is -0.357. The Balaban J connectivity index is 1.53. The third kappa shape index (κ3) is 3.39. The zero-order valence-electron chi connectivity index (χ0n) is 13.9. The van der Waals surface area contributed by atoms with Crippen LogP contribution in [0.1, 0.15) is 10.5 Å². The van der Waals surface area contributed by atoms with Crippen molar-refractivity contribution in [2.75, 3.05) is 34.8 Å². The van der Waals surface area contributed by atoms with Crippen LogP contribution in [0, 0.1) is 5.82 Å². The van der Waals surface area contributed by atoms with Crippen molar-refractivity contribution >= 4 is 51.5 Å². The van der Waals surface area contributed by atoms with E-state index in [0.717, 1.165) is 30.3 Å². The molecule has 0 aliphatic carbocycles. The van der Waals surface area contributed by atoms with Gasteiger partial charge in [-0.15, -0.1) is 0 Å². The first-order valence-corrected chi connectivity index (χ1v) is 9.86. The van der Waals surface area contributed by atoms with Gasteiger partial charge in [-0.25, -0.2) is 4.39 Å². The predicted octanol–water partition coefficient (Wildman–Crippen LogP) is 4.77. The first-order valence-electron chi connectivity index (χ1n) is 8.32. The molecule has 1 aliphatic heterocycles. The molecule has 2 N–H and O–H groups in total. The van der Waals surface area contributed by atoms with E-state index in [1.807, 2.05) is 23.9 Å². The summed E-state index contributed by atoms with van der Waals surface area (Å²) >= 11 is 8.36. The first kappa shape index (κ1) is 17.2. The number of aromatic amines is 1. The number of anilines is 2. The van der Waals surface area contributed by atoms with Gasteiger partial charge in [-0.3, -0.25) is 4.79 Å². The summed E-state index contributed by atoms with van der Waals surface area (Å²) in [5.74, 6) is 1.49. The maximum Gasteiger partial charge on any atom is 0.272 e. The van der Waals surface area contributed by atoms with E-state index in [1.54, 1.807) is 18.2 Å². The summed E-state index contributed by atoms with van der Waals surface area (Å²) in [6, 6.07) is 11.7. The van der Waals surface area contributed by atoms with Crippen molar-refractivity contribution in [2.24, 2.45) is 0 Å². The number of hydrogen-bond donors (Lipinski definition) is 2. The van der Waals surface area contributed by atoms with Crippen LogP contribution in [0.5, 0.6) is 0 Å². The van der Waals surface area contributed by atoms with E-state index in [9.17, 15) is 9.18 Å². The first-order chi connectivity index (χ1) is 12.6. The maximum atomic E-state index is 13.8. The van der Waals surface area contributed by atoms with Crippen LogP contribution in [-0.2, 0) is 0 Å². The standard InChI is InChI=1S/C19H17ClFN3OS/c20-14-10-12(4-5-18(14)24-6-8-26-9-7-24)22-19(25)17-11-13-15(21)2-1-3-16(13)23-17/h1-5,10-11,23H,6-9H2,(H,22,25). The number of amides is 1. The number of thioether (sulfide) groups is 1. The van der Waals surface area contributed by atoms with Gasteiger partial charge in [0.2, 0.25) is 0 Å². The second kappa shape index (κ2) is 7.21. The molecule has 2 aromatic carbocycles. The van der Waals surface area contributed by atoms with E-state index in [4.69, 9.17) is 11.6 Å². The van der Waals surface area contributed by atoms with Gasteiger partial charge in [0.15, 0.2) is 0 Å². The van der Waals surface area contributed by atoms with Crippen molar-refractivity contribution in [3.8, 4) is 0 Å². The van der Waals surface area contributed by atoms with Gasteiger partial charge in [-0.05, 0) is 36.4 Å². The van der Waals surface area contributed by atoms with Crippen molar-refractivity contribution in [1.29, 1.82) is 0 Å². The number of H-pyrrole nitrogens is 1. The number of hydrogen-bond acceptors (Lipinski definition) is 3. The number of fused-ring (bicyclic) bond motifs is 1. The Morgan fingerprint density at radius 1 is 1.19 bits per heavy atom. The minimum Gasteiger partial charge on any atom is -0.369 e. The number of carbonyl (C=O) groups is 1. The van der Waals surface area contributed by atoms with Crippen LogP contribution in [0.3, 0.4) is 0 Å². The molecule has 0 bridgehead atoms. The zero-order chi connectivity index (χ0) is 18.1. The lowest BCUT2D eigenvalue weighted by Gasteiger charge is -2.29. The highest BCUT2D eigenvalue weighted by Gasteiger charge is 2.16. The molecule has 4 rings (SSSR count). The summed E-state index contributed by atoms with van der Waals surface area (Å²) in [6.45, 7) is 1.94. The second-order valence-electron chi connectivity index (χ2n) is 6.10. The lowest BCUT2D eigenvalue weighted by Crippen LogP contribution is -2.32. The van der Waals surface area contributed by atoms with Gasteiger partial charge < -0.3 is 15.2 Å². The fourth-order valence-electron chi connectivity index (χ4n) is 3.08. The van der Waals surface area contributed by atoms with Crippen molar-refractivity contribution in [2.45, 2.75) is 0 Å². The van der Waals surface area contributed by atoms with Crippen molar-refractivity contribution < 1.29 is 9.18 Å². The number of nitrogens with one attached hydrogen (secondary N) is 2. The van der Waals surface area contributed by atoms with Crippen LogP contribution >= 0.6 is 23.4 Å². The minimum absolute atomic E-state index is 0.304. The zero-order valence-corrected chi connectivity index (χ0v) is 15.5. The van der Waals surface area contributed by atoms with E-state index < -0.39 is 0 Å². The summed E-state index contributed by atoms with van der Waals surface area (Å²) in [6.07, 6.45) is 0. The van der Waals surface area contributed by atoms with E-state index in [2.05, 4.69) is 15.2 Å². The van der Waals surface area contributed by atoms with Crippen LogP contribution in [-0.4, -0.2) is 35.5 Å². The molecule has 134 valence electrons. The van der Waals surface area contributed by atoms with Gasteiger partial charge in [-0.1, -0.05) is 17.7 Å². The Labute approximate surface area is 159 Å². The Morgan fingerprint density at radius 3 is 2.73 bits per heavy atom. The molecule has 0 saturated carbocycles. The lowest BCUT2D eigenvalue weighted by molar-refractivity contribution is 0.102. The Morgan fingerprint density at radius 2 is 2.00 bits per heavy atom. The molecule has 0 spiro atoms. The molecule has 4 nitrogen and oxygen atoms in total. The van der Waals surface area contributed by atoms with E-state index in [0.29, 0.717) is 27.3 Å². The number of benzene rings is 2. The largest absolute Gasteiger partial charge is 0.369 e. The molecule has 0 radical (unpaired) electrons. The molecule has 1 amide bonds. The fourth-order valence-corrected chi connectivity index (χ4v) is 4.29. The van der Waals surface area contributed by atoms with E-state index in [-0.39, 0.29) is 11.7 Å². The summed E-state index contributed by atoms with van der Waals surface area (Å²) in [5.41, 5.74) is 2.48. The molecular formula is C19H17ClFN3OS. The van der Waals surface area contributed by atoms with Crippen molar-refractivity contribution in [3.05, 3.63) is 59.0 Å². The molecule has 0 unspecified atom stereocenters. The van der Waals surface area contributed by atoms with E-state index >= 15 is 0 Å². The molecule has 26 heavy (non-hydrogen) atoms. The van der Waals surface area contributed by atoms with Gasteiger partial charge in [0.25, 0.3) is 5.91 Å². The number of halogens is 2. The van der Waals surface area contributed by atoms with Crippen LogP contribution in [0.2, 0.25) is 5.02 Å². The molecule has 3 aromatic rings. The average molecular weight is 390 g/mol. The molecule has 2 heterocycles. The van der Waals surface area contributed by atoms with Gasteiger partial charge in [0.1, 0.15) is 11.5 Å². The number of nitrogens with zero attached hydrogens (tertiary/aromatic N) is 1. The predicted molar refractivity (Wildman–Crippen MR) is 107 cm³/mol. The van der Waals surface area contributed by atoms with Gasteiger partial charge in [-0.2, -0.15) is 11.8 Å². The molecule has 7 heteroatoms. The second-order valence-corrected chi connectivity index (χ2v) is 7.74. The highest BCUT2D eigenvalue weighted by Crippen LogP contribution is 2.31. The number of rotatable bonds is 3. The molecule has 1 aromatic heterocycles. The highest BCUT2D eigenvalue weighted by atomic mass is 35.5. The summed E-state index contributed by atoms with van der Waals surface area (Å²) in [7, 11) is 0. The Hall–Kier alpha value is -2.18. The molecule has 1 aliphatic rings. The quantitative estimate of drug-likeness (QED) is 0.678. The van der Waals surface area contributed by atoms with E-state index in [1.165, 1.54) is 12.1 Å². The smallest absolute Gasteiger partial charge is 0.272 e. The third-order valence-corrected chi connectivity index (χ3v) is 5.66. The maximum absolute atomic E-state index is 13.8. The lowest BCUT2D eigenvalue weighted by atomic mass is 10.2. The van der Waals surface area contributed by atoms with Crippen molar-refractivity contribution in [3.63, 3.8) is 0 Å². The summed E-state index contributed by atoms with van der Waals surface area (Å²) in [5, 5.41) is 3.82. The third-order valence-electron chi connectivity index (χ3n) is 4.41. The SMILES string of the molecule is O=C(Nc1ccc(N2CCSCC2)c(Cl)c1)c1cc2c(F)cccc2[nH]1. The highest BCUT2D eigenvalue weighted by molar-refractivity contribution is 7.99. The molecular weight excluding hydrogens is 373 g/mol. The van der Waals surface area contributed by atoms with Crippen LogP contribution in [0.15, 0.2) is 42.5 Å². The number of aromatic nitrogens is 1. The summed E-state index contributed by atoms with van der Waals surface area (Å²) in [4.78, 5) is 17.7. The normalized spacial score (nSPS) is 14.6. The van der Waals surface area contributed by atoms with Gasteiger partial charge in [0, 0.05) is 41.2 Å². The average Bonchev–Trinajstić information content (AvgIpc) is 3.08.